The third-order valence-corrected chi connectivity index (χ3v) is 2.93. The van der Waals surface area contributed by atoms with Crippen LogP contribution in [0.4, 0.5) is 0 Å². The zero-order valence-corrected chi connectivity index (χ0v) is 10.3. The van der Waals surface area contributed by atoms with E-state index in [1.807, 2.05) is 47.2 Å². The highest BCUT2D eigenvalue weighted by atomic mass is 35.5. The summed E-state index contributed by atoms with van der Waals surface area (Å²) in [5.41, 5.74) is 1.83. The SMILES string of the molecule is O=C(O)/C=C/c1cccn1Cc1ccccc1Cl. The average Bonchev–Trinajstić information content (AvgIpc) is 2.77. The van der Waals surface area contributed by atoms with Crippen LogP contribution in [0.15, 0.2) is 48.7 Å². The summed E-state index contributed by atoms with van der Waals surface area (Å²) in [6.45, 7) is 0.617. The molecule has 1 heterocycles. The van der Waals surface area contributed by atoms with E-state index in [4.69, 9.17) is 16.7 Å². The molecule has 1 aromatic carbocycles. The highest BCUT2D eigenvalue weighted by Gasteiger charge is 2.02. The van der Waals surface area contributed by atoms with Crippen molar-refractivity contribution in [2.75, 3.05) is 0 Å². The van der Waals surface area contributed by atoms with Crippen LogP contribution >= 0.6 is 11.6 Å². The lowest BCUT2D eigenvalue weighted by molar-refractivity contribution is -0.131. The summed E-state index contributed by atoms with van der Waals surface area (Å²) in [4.78, 5) is 10.5. The van der Waals surface area contributed by atoms with Gasteiger partial charge < -0.3 is 9.67 Å². The molecule has 0 spiro atoms. The fourth-order valence-electron chi connectivity index (χ4n) is 1.69. The second-order valence-electron chi connectivity index (χ2n) is 3.82. The van der Waals surface area contributed by atoms with Gasteiger partial charge in [0.2, 0.25) is 0 Å². The molecule has 0 atom stereocenters. The fourth-order valence-corrected chi connectivity index (χ4v) is 1.88. The Balaban J connectivity index is 2.23. The van der Waals surface area contributed by atoms with Gasteiger partial charge in [-0.1, -0.05) is 29.8 Å². The van der Waals surface area contributed by atoms with Gasteiger partial charge in [-0.05, 0) is 29.8 Å². The topological polar surface area (TPSA) is 42.2 Å². The number of carboxylic acid groups (broad SMARTS) is 1. The number of rotatable bonds is 4. The molecule has 0 unspecified atom stereocenters. The van der Waals surface area contributed by atoms with Crippen molar-refractivity contribution in [2.24, 2.45) is 0 Å². The van der Waals surface area contributed by atoms with Gasteiger partial charge in [0.05, 0.1) is 0 Å². The predicted molar refractivity (Wildman–Crippen MR) is 71.7 cm³/mol. The van der Waals surface area contributed by atoms with E-state index in [0.717, 1.165) is 17.3 Å². The van der Waals surface area contributed by atoms with Crippen molar-refractivity contribution in [1.82, 2.24) is 4.57 Å². The number of aromatic nitrogens is 1. The van der Waals surface area contributed by atoms with Gasteiger partial charge in [0, 0.05) is 29.5 Å². The maximum absolute atomic E-state index is 10.5. The van der Waals surface area contributed by atoms with E-state index in [9.17, 15) is 4.79 Å². The lowest BCUT2D eigenvalue weighted by atomic mass is 10.2. The molecule has 0 aliphatic rings. The van der Waals surface area contributed by atoms with Crippen LogP contribution < -0.4 is 0 Å². The van der Waals surface area contributed by atoms with Gasteiger partial charge >= 0.3 is 5.97 Å². The van der Waals surface area contributed by atoms with Gasteiger partial charge in [0.1, 0.15) is 0 Å². The molecule has 0 saturated carbocycles. The quantitative estimate of drug-likeness (QED) is 0.858. The third-order valence-electron chi connectivity index (χ3n) is 2.56. The van der Waals surface area contributed by atoms with Crippen LogP contribution in [0.25, 0.3) is 6.08 Å². The Kier molecular flexibility index (Phi) is 3.85. The Morgan fingerprint density at radius 1 is 1.28 bits per heavy atom. The van der Waals surface area contributed by atoms with Crippen LogP contribution in [0.2, 0.25) is 5.02 Å². The summed E-state index contributed by atoms with van der Waals surface area (Å²) in [5.74, 6) is -0.958. The molecule has 0 radical (unpaired) electrons. The highest BCUT2D eigenvalue weighted by Crippen LogP contribution is 2.17. The van der Waals surface area contributed by atoms with Gasteiger partial charge in [0.15, 0.2) is 0 Å². The third kappa shape index (κ3) is 3.02. The molecule has 0 saturated heterocycles. The number of aliphatic carboxylic acids is 1. The lowest BCUT2D eigenvalue weighted by Crippen LogP contribution is -2.01. The standard InChI is InChI=1S/C14H12ClNO2/c15-13-6-2-1-4-11(13)10-16-9-3-5-12(16)7-8-14(17)18/h1-9H,10H2,(H,17,18)/b8-7+. The number of hydrogen-bond donors (Lipinski definition) is 1. The molecule has 4 heteroatoms. The van der Waals surface area contributed by atoms with Crippen molar-refractivity contribution in [3.63, 3.8) is 0 Å². The number of hydrogen-bond acceptors (Lipinski definition) is 1. The first-order valence-electron chi connectivity index (χ1n) is 5.46. The molecule has 1 N–H and O–H groups in total. The number of carbonyl (C=O) groups is 1. The van der Waals surface area contributed by atoms with E-state index in [0.29, 0.717) is 11.6 Å². The smallest absolute Gasteiger partial charge is 0.328 e. The minimum atomic E-state index is -0.958. The maximum Gasteiger partial charge on any atom is 0.328 e. The first-order valence-corrected chi connectivity index (χ1v) is 5.84. The van der Waals surface area contributed by atoms with Crippen LogP contribution in [0.3, 0.4) is 0 Å². The second kappa shape index (κ2) is 5.56. The van der Waals surface area contributed by atoms with Crippen molar-refractivity contribution in [3.8, 4) is 0 Å². The summed E-state index contributed by atoms with van der Waals surface area (Å²) in [5, 5.41) is 9.33. The molecular formula is C14H12ClNO2. The molecule has 2 aromatic rings. The largest absolute Gasteiger partial charge is 0.478 e. The van der Waals surface area contributed by atoms with Gasteiger partial charge in [-0.3, -0.25) is 0 Å². The van der Waals surface area contributed by atoms with E-state index < -0.39 is 5.97 Å². The second-order valence-corrected chi connectivity index (χ2v) is 4.23. The summed E-state index contributed by atoms with van der Waals surface area (Å²) < 4.78 is 1.95. The monoisotopic (exact) mass is 261 g/mol. The Morgan fingerprint density at radius 3 is 2.78 bits per heavy atom. The van der Waals surface area contributed by atoms with Gasteiger partial charge in [-0.15, -0.1) is 0 Å². The van der Waals surface area contributed by atoms with Gasteiger partial charge in [0.25, 0.3) is 0 Å². The first-order chi connectivity index (χ1) is 8.66. The van der Waals surface area contributed by atoms with Crippen LogP contribution in [0, 0.1) is 0 Å². The number of carboxylic acids is 1. The van der Waals surface area contributed by atoms with Crippen molar-refractivity contribution >= 4 is 23.6 Å². The van der Waals surface area contributed by atoms with Crippen molar-refractivity contribution in [2.45, 2.75) is 6.54 Å². The highest BCUT2D eigenvalue weighted by molar-refractivity contribution is 6.31. The van der Waals surface area contributed by atoms with E-state index in [1.54, 1.807) is 6.08 Å². The molecule has 0 bridgehead atoms. The average molecular weight is 262 g/mol. The summed E-state index contributed by atoms with van der Waals surface area (Å²) in [7, 11) is 0. The summed E-state index contributed by atoms with van der Waals surface area (Å²) >= 11 is 6.10. The summed E-state index contributed by atoms with van der Waals surface area (Å²) in [6, 6.07) is 11.3. The predicted octanol–water partition coefficient (Wildman–Crippen LogP) is 3.29. The zero-order valence-electron chi connectivity index (χ0n) is 9.58. The van der Waals surface area contributed by atoms with Crippen molar-refractivity contribution in [3.05, 3.63) is 65.0 Å². The van der Waals surface area contributed by atoms with Crippen LogP contribution in [-0.2, 0) is 11.3 Å². The van der Waals surface area contributed by atoms with E-state index in [1.165, 1.54) is 0 Å². The molecule has 1 aromatic heterocycles. The Hall–Kier alpha value is -2.00. The molecule has 92 valence electrons. The molecule has 0 amide bonds. The fraction of sp³-hybridized carbons (Fsp3) is 0.0714. The maximum atomic E-state index is 10.5. The zero-order chi connectivity index (χ0) is 13.0. The number of benzene rings is 1. The Bertz CT molecular complexity index is 587. The molecule has 0 aliphatic carbocycles. The molecule has 0 fully saturated rings. The number of halogens is 1. The van der Waals surface area contributed by atoms with Crippen molar-refractivity contribution < 1.29 is 9.90 Å². The molecule has 2 rings (SSSR count). The van der Waals surface area contributed by atoms with Crippen LogP contribution in [-0.4, -0.2) is 15.6 Å². The molecule has 0 aliphatic heterocycles. The lowest BCUT2D eigenvalue weighted by Gasteiger charge is -2.08. The van der Waals surface area contributed by atoms with Gasteiger partial charge in [-0.25, -0.2) is 4.79 Å². The molecule has 18 heavy (non-hydrogen) atoms. The minimum Gasteiger partial charge on any atom is -0.478 e. The number of nitrogens with zero attached hydrogens (tertiary/aromatic N) is 1. The van der Waals surface area contributed by atoms with Crippen LogP contribution in [0.5, 0.6) is 0 Å². The molecular weight excluding hydrogens is 250 g/mol. The van der Waals surface area contributed by atoms with E-state index in [2.05, 4.69) is 0 Å². The minimum absolute atomic E-state index is 0.617. The molecule has 3 nitrogen and oxygen atoms in total. The van der Waals surface area contributed by atoms with E-state index >= 15 is 0 Å². The van der Waals surface area contributed by atoms with Gasteiger partial charge in [-0.2, -0.15) is 0 Å². The van der Waals surface area contributed by atoms with E-state index in [-0.39, 0.29) is 0 Å². The Labute approximate surface area is 110 Å². The Morgan fingerprint density at radius 2 is 2.06 bits per heavy atom. The normalized spacial score (nSPS) is 10.9. The summed E-state index contributed by atoms with van der Waals surface area (Å²) in [6.07, 6.45) is 4.59. The van der Waals surface area contributed by atoms with Crippen molar-refractivity contribution in [1.29, 1.82) is 0 Å². The van der Waals surface area contributed by atoms with Crippen LogP contribution in [0.1, 0.15) is 11.3 Å². The first kappa shape index (κ1) is 12.5.